The smallest absolute Gasteiger partial charge is 0.381 e. The molecule has 0 spiro atoms. The predicted molar refractivity (Wildman–Crippen MR) is 81.5 cm³/mol. The van der Waals surface area contributed by atoms with E-state index in [0.29, 0.717) is 25.3 Å². The van der Waals surface area contributed by atoms with Gasteiger partial charge in [0.1, 0.15) is 6.04 Å². The van der Waals surface area contributed by atoms with Crippen molar-refractivity contribution in [1.29, 1.82) is 0 Å². The zero-order chi connectivity index (χ0) is 17.7. The number of ether oxygens (including phenoxy) is 1. The number of amides is 2. The normalized spacial score (nSPS) is 18.1. The Balaban J connectivity index is 1.95. The average Bonchev–Trinajstić information content (AvgIpc) is 2.88. The molecular weight excluding hydrogens is 325 g/mol. The Hall–Kier alpha value is -2.09. The van der Waals surface area contributed by atoms with Crippen LogP contribution in [0.25, 0.3) is 0 Å². The van der Waals surface area contributed by atoms with Gasteiger partial charge in [0, 0.05) is 25.3 Å². The number of rotatable bonds is 6. The first-order chi connectivity index (χ1) is 11.3. The van der Waals surface area contributed by atoms with Crippen molar-refractivity contribution in [2.45, 2.75) is 32.0 Å². The molecule has 1 atom stereocenters. The van der Waals surface area contributed by atoms with E-state index in [2.05, 4.69) is 5.32 Å². The van der Waals surface area contributed by atoms with Crippen LogP contribution >= 0.6 is 0 Å². The molecule has 0 bridgehead atoms. The van der Waals surface area contributed by atoms with E-state index in [1.807, 2.05) is 6.92 Å². The van der Waals surface area contributed by atoms with Gasteiger partial charge in [0.25, 0.3) is 0 Å². The van der Waals surface area contributed by atoms with Crippen molar-refractivity contribution in [2.75, 3.05) is 24.7 Å². The zero-order valence-corrected chi connectivity index (χ0v) is 13.2. The first kappa shape index (κ1) is 18.3. The van der Waals surface area contributed by atoms with Crippen LogP contribution in [-0.2, 0) is 20.5 Å². The van der Waals surface area contributed by atoms with E-state index in [0.717, 1.165) is 12.1 Å². The summed E-state index contributed by atoms with van der Waals surface area (Å²) < 4.78 is 42.8. The van der Waals surface area contributed by atoms with Crippen LogP contribution in [0.15, 0.2) is 24.3 Å². The summed E-state index contributed by atoms with van der Waals surface area (Å²) in [5.41, 5.74) is -0.377. The van der Waals surface area contributed by atoms with Crippen LogP contribution in [-0.4, -0.2) is 37.6 Å². The Morgan fingerprint density at radius 2 is 2.00 bits per heavy atom. The second-order valence-electron chi connectivity index (χ2n) is 5.39. The number of benzene rings is 1. The maximum Gasteiger partial charge on any atom is 0.416 e. The molecule has 1 aromatic carbocycles. The molecule has 2 amide bonds. The Labute approximate surface area is 137 Å². The topological polar surface area (TPSA) is 58.6 Å². The minimum absolute atomic E-state index is 0.165. The summed E-state index contributed by atoms with van der Waals surface area (Å²) in [5.74, 6) is -0.601. The summed E-state index contributed by atoms with van der Waals surface area (Å²) in [6.07, 6.45) is -3.83. The lowest BCUT2D eigenvalue weighted by atomic mass is 10.2. The zero-order valence-electron chi connectivity index (χ0n) is 13.2. The van der Waals surface area contributed by atoms with Crippen LogP contribution in [0, 0.1) is 0 Å². The minimum atomic E-state index is -4.41. The molecule has 1 aromatic rings. The number of carbonyl (C=O) groups excluding carboxylic acids is 2. The largest absolute Gasteiger partial charge is 0.416 e. The van der Waals surface area contributed by atoms with Crippen molar-refractivity contribution in [3.63, 3.8) is 0 Å². The summed E-state index contributed by atoms with van der Waals surface area (Å²) in [5, 5.41) is 2.63. The molecule has 1 saturated heterocycles. The lowest BCUT2D eigenvalue weighted by Crippen LogP contribution is -2.41. The minimum Gasteiger partial charge on any atom is -0.381 e. The molecule has 0 aromatic heterocycles. The molecule has 1 aliphatic heterocycles. The van der Waals surface area contributed by atoms with Gasteiger partial charge in [-0.2, -0.15) is 13.2 Å². The monoisotopic (exact) mass is 344 g/mol. The SMILES string of the molecule is CCOCCC(=O)N[C@@H]1CCN(c2ccc(C(F)(F)F)cc2)C1=O. The van der Waals surface area contributed by atoms with Crippen LogP contribution < -0.4 is 10.2 Å². The van der Waals surface area contributed by atoms with Crippen molar-refractivity contribution in [3.05, 3.63) is 29.8 Å². The highest BCUT2D eigenvalue weighted by Crippen LogP contribution is 2.31. The van der Waals surface area contributed by atoms with Crippen LogP contribution in [0.3, 0.4) is 0 Å². The van der Waals surface area contributed by atoms with Crippen LogP contribution in [0.5, 0.6) is 0 Å². The van der Waals surface area contributed by atoms with E-state index in [4.69, 9.17) is 4.74 Å². The maximum atomic E-state index is 12.6. The van der Waals surface area contributed by atoms with Crippen molar-refractivity contribution in [2.24, 2.45) is 0 Å². The fraction of sp³-hybridized carbons (Fsp3) is 0.500. The molecule has 0 unspecified atom stereocenters. The van der Waals surface area contributed by atoms with Gasteiger partial charge in [-0.3, -0.25) is 9.59 Å². The number of alkyl halides is 3. The van der Waals surface area contributed by atoms with E-state index in [-0.39, 0.29) is 24.8 Å². The third-order valence-electron chi connectivity index (χ3n) is 3.72. The Morgan fingerprint density at radius 1 is 1.33 bits per heavy atom. The number of hydrogen-bond donors (Lipinski definition) is 1. The van der Waals surface area contributed by atoms with Crippen molar-refractivity contribution < 1.29 is 27.5 Å². The van der Waals surface area contributed by atoms with Crippen LogP contribution in [0.1, 0.15) is 25.3 Å². The van der Waals surface area contributed by atoms with Gasteiger partial charge < -0.3 is 15.0 Å². The molecule has 24 heavy (non-hydrogen) atoms. The summed E-state index contributed by atoms with van der Waals surface area (Å²) in [6.45, 7) is 2.96. The molecule has 1 aliphatic rings. The van der Waals surface area contributed by atoms with E-state index < -0.39 is 17.8 Å². The second kappa shape index (κ2) is 7.65. The van der Waals surface area contributed by atoms with Crippen molar-refractivity contribution in [3.8, 4) is 0 Å². The molecule has 0 radical (unpaired) electrons. The van der Waals surface area contributed by atoms with Gasteiger partial charge in [-0.25, -0.2) is 0 Å². The fourth-order valence-electron chi connectivity index (χ4n) is 2.48. The molecule has 1 N–H and O–H groups in total. The molecular formula is C16H19F3N2O3. The van der Waals surface area contributed by atoms with Gasteiger partial charge in [-0.1, -0.05) is 0 Å². The standard InChI is InChI=1S/C16H19F3N2O3/c1-2-24-10-8-14(22)20-13-7-9-21(15(13)23)12-5-3-11(4-6-12)16(17,18)19/h3-6,13H,2,7-10H2,1H3,(H,20,22)/t13-/m1/s1. The van der Waals surface area contributed by atoms with E-state index in [1.165, 1.54) is 17.0 Å². The van der Waals surface area contributed by atoms with Gasteiger partial charge >= 0.3 is 6.18 Å². The molecule has 1 heterocycles. The average molecular weight is 344 g/mol. The highest BCUT2D eigenvalue weighted by molar-refractivity contribution is 6.01. The number of nitrogens with zero attached hydrogens (tertiary/aromatic N) is 1. The van der Waals surface area contributed by atoms with Gasteiger partial charge in [-0.05, 0) is 37.6 Å². The Morgan fingerprint density at radius 3 is 2.58 bits per heavy atom. The lowest BCUT2D eigenvalue weighted by Gasteiger charge is -2.18. The highest BCUT2D eigenvalue weighted by Gasteiger charge is 2.34. The molecule has 2 rings (SSSR count). The third-order valence-corrected chi connectivity index (χ3v) is 3.72. The predicted octanol–water partition coefficient (Wildman–Crippen LogP) is 2.35. The van der Waals surface area contributed by atoms with Crippen molar-refractivity contribution in [1.82, 2.24) is 5.32 Å². The number of halogens is 3. The lowest BCUT2D eigenvalue weighted by molar-refractivity contribution is -0.137. The molecule has 132 valence electrons. The number of carbonyl (C=O) groups is 2. The van der Waals surface area contributed by atoms with E-state index in [9.17, 15) is 22.8 Å². The number of hydrogen-bond acceptors (Lipinski definition) is 3. The Bertz CT molecular complexity index is 587. The van der Waals surface area contributed by atoms with Crippen LogP contribution in [0.2, 0.25) is 0 Å². The van der Waals surface area contributed by atoms with Gasteiger partial charge in [-0.15, -0.1) is 0 Å². The summed E-state index contributed by atoms with van der Waals surface area (Å²) >= 11 is 0. The summed E-state index contributed by atoms with van der Waals surface area (Å²) in [7, 11) is 0. The van der Waals surface area contributed by atoms with E-state index in [1.54, 1.807) is 0 Å². The van der Waals surface area contributed by atoms with Gasteiger partial charge in [0.2, 0.25) is 11.8 Å². The van der Waals surface area contributed by atoms with Gasteiger partial charge in [0.05, 0.1) is 12.2 Å². The molecule has 8 heteroatoms. The summed E-state index contributed by atoms with van der Waals surface area (Å²) in [6, 6.07) is 3.76. The third kappa shape index (κ3) is 4.47. The van der Waals surface area contributed by atoms with Crippen LogP contribution in [0.4, 0.5) is 18.9 Å². The summed E-state index contributed by atoms with van der Waals surface area (Å²) in [4.78, 5) is 25.4. The van der Waals surface area contributed by atoms with E-state index >= 15 is 0 Å². The Kier molecular flexibility index (Phi) is 5.82. The van der Waals surface area contributed by atoms with Gasteiger partial charge in [0.15, 0.2) is 0 Å². The van der Waals surface area contributed by atoms with Crippen molar-refractivity contribution >= 4 is 17.5 Å². The first-order valence-electron chi connectivity index (χ1n) is 7.68. The molecule has 1 fully saturated rings. The number of anilines is 1. The molecule has 0 saturated carbocycles. The molecule has 5 nitrogen and oxygen atoms in total. The quantitative estimate of drug-likeness (QED) is 0.806. The number of nitrogens with one attached hydrogen (secondary N) is 1. The fourth-order valence-corrected chi connectivity index (χ4v) is 2.48. The maximum absolute atomic E-state index is 12.6. The first-order valence-corrected chi connectivity index (χ1v) is 7.68. The molecule has 0 aliphatic carbocycles. The second-order valence-corrected chi connectivity index (χ2v) is 5.39. The highest BCUT2D eigenvalue weighted by atomic mass is 19.4.